The molecule has 174 valence electrons. The van der Waals surface area contributed by atoms with Crippen LogP contribution in [0.3, 0.4) is 0 Å². The second-order valence-electron chi connectivity index (χ2n) is 7.73. The Kier molecular flexibility index (Phi) is 12.4. The van der Waals surface area contributed by atoms with Crippen LogP contribution in [-0.2, 0) is 17.8 Å². The number of rotatable bonds is 9. The molecule has 2 aromatic rings. The molecule has 0 aliphatic heterocycles. The summed E-state index contributed by atoms with van der Waals surface area (Å²) in [4.78, 5) is 28.0. The minimum atomic E-state index is -0.0880. The van der Waals surface area contributed by atoms with Gasteiger partial charge in [0.2, 0.25) is 5.91 Å². The summed E-state index contributed by atoms with van der Waals surface area (Å²) in [5, 5.41) is 12.2. The number of carbonyl (C=O) groups is 2. The molecule has 2 rings (SSSR count). The van der Waals surface area contributed by atoms with Gasteiger partial charge in [0.25, 0.3) is 5.91 Å². The van der Waals surface area contributed by atoms with Crippen LogP contribution in [0.15, 0.2) is 53.5 Å². The second-order valence-corrected chi connectivity index (χ2v) is 7.73. The largest absolute Gasteiger partial charge is 0.356 e. The predicted octanol–water partition coefficient (Wildman–Crippen LogP) is 3.56. The monoisotopic (exact) mass is 551 g/mol. The van der Waals surface area contributed by atoms with Gasteiger partial charge in [-0.15, -0.1) is 24.0 Å². The zero-order chi connectivity index (χ0) is 22.6. The molecule has 2 aromatic carbocycles. The van der Waals surface area contributed by atoms with Crippen molar-refractivity contribution < 1.29 is 9.59 Å². The molecule has 0 saturated carbocycles. The van der Waals surface area contributed by atoms with Crippen LogP contribution in [-0.4, -0.2) is 38.4 Å². The summed E-state index contributed by atoms with van der Waals surface area (Å²) < 4.78 is 0. The minimum absolute atomic E-state index is 0. The zero-order valence-corrected chi connectivity index (χ0v) is 21.5. The van der Waals surface area contributed by atoms with E-state index in [9.17, 15) is 9.59 Å². The second kappa shape index (κ2) is 14.4. The van der Waals surface area contributed by atoms with E-state index < -0.39 is 0 Å². The van der Waals surface area contributed by atoms with Gasteiger partial charge in [-0.05, 0) is 47.7 Å². The van der Waals surface area contributed by atoms with Gasteiger partial charge in [-0.25, -0.2) is 0 Å². The highest BCUT2D eigenvalue weighted by Gasteiger charge is 2.07. The van der Waals surface area contributed by atoms with Gasteiger partial charge in [-0.3, -0.25) is 14.6 Å². The molecule has 0 heterocycles. The van der Waals surface area contributed by atoms with Crippen LogP contribution in [0, 0.1) is 5.92 Å². The highest BCUT2D eigenvalue weighted by atomic mass is 127. The van der Waals surface area contributed by atoms with Crippen LogP contribution < -0.4 is 21.3 Å². The lowest BCUT2D eigenvalue weighted by Gasteiger charge is -2.13. The number of nitrogens with zero attached hydrogens (tertiary/aromatic N) is 1. The lowest BCUT2D eigenvalue weighted by atomic mass is 10.1. The molecule has 8 heteroatoms. The standard InChI is InChI=1S/C24H33N5O2.HI/c1-17(2)13-22(30)29-21-10-6-8-19(15-21)16-28-24(26-4)27-12-11-18-7-5-9-20(14-18)23(31)25-3;/h5-10,14-15,17H,11-13,16H2,1-4H3,(H,25,31)(H,29,30)(H2,26,27,28);1H. The third-order valence-electron chi connectivity index (χ3n) is 4.61. The summed E-state index contributed by atoms with van der Waals surface area (Å²) >= 11 is 0. The van der Waals surface area contributed by atoms with E-state index in [1.807, 2.05) is 56.3 Å². The number of hydrogen-bond acceptors (Lipinski definition) is 3. The summed E-state index contributed by atoms with van der Waals surface area (Å²) in [6, 6.07) is 15.4. The molecular weight excluding hydrogens is 517 g/mol. The number of guanidine groups is 1. The Hall–Kier alpha value is -2.62. The maximum atomic E-state index is 12.0. The van der Waals surface area contributed by atoms with Gasteiger partial charge < -0.3 is 21.3 Å². The molecule has 0 aromatic heterocycles. The fraction of sp³-hybridized carbons (Fsp3) is 0.375. The molecule has 0 aliphatic carbocycles. The number of carbonyl (C=O) groups excluding carboxylic acids is 2. The number of hydrogen-bond donors (Lipinski definition) is 4. The van der Waals surface area contributed by atoms with Gasteiger partial charge in [0.05, 0.1) is 0 Å². The summed E-state index contributed by atoms with van der Waals surface area (Å²) in [6.45, 7) is 5.32. The SMILES string of the molecule is CN=C(NCCc1cccc(C(=O)NC)c1)NCc1cccc(NC(=O)CC(C)C)c1.I. The summed E-state index contributed by atoms with van der Waals surface area (Å²) in [6.07, 6.45) is 1.27. The lowest BCUT2D eigenvalue weighted by Crippen LogP contribution is -2.37. The van der Waals surface area contributed by atoms with Crippen molar-refractivity contribution in [3.05, 3.63) is 65.2 Å². The third-order valence-corrected chi connectivity index (χ3v) is 4.61. The minimum Gasteiger partial charge on any atom is -0.356 e. The average Bonchev–Trinajstić information content (AvgIpc) is 2.75. The Morgan fingerprint density at radius 1 is 1.00 bits per heavy atom. The van der Waals surface area contributed by atoms with Crippen molar-refractivity contribution in [3.63, 3.8) is 0 Å². The molecule has 0 radical (unpaired) electrons. The van der Waals surface area contributed by atoms with E-state index in [-0.39, 0.29) is 35.8 Å². The molecule has 0 unspecified atom stereocenters. The van der Waals surface area contributed by atoms with Gasteiger partial charge in [0.1, 0.15) is 0 Å². The van der Waals surface area contributed by atoms with Crippen LogP contribution >= 0.6 is 24.0 Å². The van der Waals surface area contributed by atoms with Gasteiger partial charge in [0, 0.05) is 44.9 Å². The lowest BCUT2D eigenvalue weighted by molar-refractivity contribution is -0.116. The van der Waals surface area contributed by atoms with Crippen LogP contribution in [0.1, 0.15) is 41.8 Å². The molecule has 0 saturated heterocycles. The quantitative estimate of drug-likeness (QED) is 0.218. The van der Waals surface area contributed by atoms with Gasteiger partial charge >= 0.3 is 0 Å². The van der Waals surface area contributed by atoms with E-state index in [4.69, 9.17) is 0 Å². The van der Waals surface area contributed by atoms with Crippen molar-refractivity contribution in [1.29, 1.82) is 0 Å². The van der Waals surface area contributed by atoms with Crippen LogP contribution in [0.25, 0.3) is 0 Å². The number of nitrogens with one attached hydrogen (secondary N) is 4. The first kappa shape index (κ1) is 27.4. The topological polar surface area (TPSA) is 94.6 Å². The van der Waals surface area contributed by atoms with Gasteiger partial charge in [-0.2, -0.15) is 0 Å². The van der Waals surface area contributed by atoms with Crippen LogP contribution in [0.4, 0.5) is 5.69 Å². The maximum absolute atomic E-state index is 12.0. The molecule has 4 N–H and O–H groups in total. The number of aliphatic imine (C=N–C) groups is 1. The van der Waals surface area contributed by atoms with Crippen molar-refractivity contribution >= 4 is 47.4 Å². The number of halogens is 1. The van der Waals surface area contributed by atoms with E-state index in [1.54, 1.807) is 20.2 Å². The summed E-state index contributed by atoms with van der Waals surface area (Å²) in [5.74, 6) is 0.954. The average molecular weight is 551 g/mol. The van der Waals surface area contributed by atoms with Crippen molar-refractivity contribution in [1.82, 2.24) is 16.0 Å². The molecule has 0 bridgehead atoms. The van der Waals surface area contributed by atoms with E-state index in [1.165, 1.54) is 0 Å². The third kappa shape index (κ3) is 9.67. The van der Waals surface area contributed by atoms with E-state index in [0.29, 0.717) is 37.0 Å². The number of anilines is 1. The van der Waals surface area contributed by atoms with Gasteiger partial charge in [0.15, 0.2) is 5.96 Å². The Morgan fingerprint density at radius 2 is 1.72 bits per heavy atom. The molecule has 32 heavy (non-hydrogen) atoms. The van der Waals surface area contributed by atoms with E-state index in [0.717, 1.165) is 23.2 Å². The Bertz CT molecular complexity index is 915. The molecule has 0 aliphatic rings. The van der Waals surface area contributed by atoms with Crippen molar-refractivity contribution in [2.45, 2.75) is 33.2 Å². The summed E-state index contributed by atoms with van der Waals surface area (Å²) in [5.41, 5.74) is 3.57. The number of benzene rings is 2. The normalized spacial score (nSPS) is 10.8. The first-order chi connectivity index (χ1) is 14.9. The fourth-order valence-corrected chi connectivity index (χ4v) is 3.09. The Balaban J connectivity index is 0.00000512. The molecule has 7 nitrogen and oxygen atoms in total. The van der Waals surface area contributed by atoms with Crippen molar-refractivity contribution in [3.8, 4) is 0 Å². The molecule has 0 atom stereocenters. The maximum Gasteiger partial charge on any atom is 0.251 e. The zero-order valence-electron chi connectivity index (χ0n) is 19.2. The Morgan fingerprint density at radius 3 is 2.41 bits per heavy atom. The molecule has 0 fully saturated rings. The predicted molar refractivity (Wildman–Crippen MR) is 142 cm³/mol. The molecule has 0 spiro atoms. The molecule has 2 amide bonds. The van der Waals surface area contributed by atoms with Crippen LogP contribution in [0.2, 0.25) is 0 Å². The van der Waals surface area contributed by atoms with Crippen molar-refractivity contribution in [2.75, 3.05) is 26.0 Å². The van der Waals surface area contributed by atoms with Crippen molar-refractivity contribution in [2.24, 2.45) is 10.9 Å². The molecular formula is C24H34IN5O2. The number of amides is 2. The summed E-state index contributed by atoms with van der Waals surface area (Å²) in [7, 11) is 3.35. The van der Waals surface area contributed by atoms with E-state index in [2.05, 4.69) is 26.3 Å². The Labute approximate surface area is 207 Å². The highest BCUT2D eigenvalue weighted by molar-refractivity contribution is 14.0. The smallest absolute Gasteiger partial charge is 0.251 e. The fourth-order valence-electron chi connectivity index (χ4n) is 3.09. The van der Waals surface area contributed by atoms with Gasteiger partial charge in [-0.1, -0.05) is 38.1 Å². The van der Waals surface area contributed by atoms with E-state index >= 15 is 0 Å². The highest BCUT2D eigenvalue weighted by Crippen LogP contribution is 2.12. The van der Waals surface area contributed by atoms with Crippen LogP contribution in [0.5, 0.6) is 0 Å². The first-order valence-electron chi connectivity index (χ1n) is 10.6. The first-order valence-corrected chi connectivity index (χ1v) is 10.6.